The van der Waals surface area contributed by atoms with Crippen molar-refractivity contribution in [1.29, 1.82) is 0 Å². The smallest absolute Gasteiger partial charge is 0.227 e. The van der Waals surface area contributed by atoms with Crippen molar-refractivity contribution in [1.82, 2.24) is 14.7 Å². The quantitative estimate of drug-likeness (QED) is 0.805. The van der Waals surface area contributed by atoms with Gasteiger partial charge in [0.25, 0.3) is 0 Å². The molecule has 27 heavy (non-hydrogen) atoms. The van der Waals surface area contributed by atoms with E-state index in [4.69, 9.17) is 4.74 Å². The van der Waals surface area contributed by atoms with E-state index in [2.05, 4.69) is 29.2 Å². The molecule has 0 aliphatic carbocycles. The van der Waals surface area contributed by atoms with Crippen molar-refractivity contribution < 1.29 is 14.3 Å². The minimum absolute atomic E-state index is 0.0446. The number of nitrogens with zero attached hydrogens (tertiary/aromatic N) is 3. The zero-order chi connectivity index (χ0) is 18.6. The summed E-state index contributed by atoms with van der Waals surface area (Å²) in [5.74, 6) is 0.341. The van der Waals surface area contributed by atoms with E-state index in [1.807, 2.05) is 9.80 Å². The van der Waals surface area contributed by atoms with Gasteiger partial charge in [-0.05, 0) is 24.0 Å². The summed E-state index contributed by atoms with van der Waals surface area (Å²) < 4.78 is 5.34. The van der Waals surface area contributed by atoms with Crippen LogP contribution in [0.1, 0.15) is 30.4 Å². The Morgan fingerprint density at radius 1 is 1.00 bits per heavy atom. The van der Waals surface area contributed by atoms with Crippen LogP contribution in [0.2, 0.25) is 0 Å². The zero-order valence-corrected chi connectivity index (χ0v) is 15.9. The largest absolute Gasteiger partial charge is 0.378 e. The minimum Gasteiger partial charge on any atom is -0.378 e. The van der Waals surface area contributed by atoms with Crippen LogP contribution >= 0.6 is 0 Å². The summed E-state index contributed by atoms with van der Waals surface area (Å²) in [6.07, 6.45) is 2.34. The molecule has 146 valence electrons. The third-order valence-corrected chi connectivity index (χ3v) is 5.99. The predicted molar refractivity (Wildman–Crippen MR) is 102 cm³/mol. The summed E-state index contributed by atoms with van der Waals surface area (Å²) in [7, 11) is 0. The van der Waals surface area contributed by atoms with E-state index in [1.165, 1.54) is 11.1 Å². The fourth-order valence-electron chi connectivity index (χ4n) is 4.42. The predicted octanol–water partition coefficient (Wildman–Crippen LogP) is 1.49. The van der Waals surface area contributed by atoms with E-state index in [0.717, 1.165) is 39.0 Å². The molecule has 0 radical (unpaired) electrons. The summed E-state index contributed by atoms with van der Waals surface area (Å²) in [4.78, 5) is 31.6. The second-order valence-corrected chi connectivity index (χ2v) is 7.85. The van der Waals surface area contributed by atoms with Crippen molar-refractivity contribution >= 4 is 11.8 Å². The minimum atomic E-state index is -0.0446. The Hall–Kier alpha value is -1.92. The number of hydrogen-bond acceptors (Lipinski definition) is 4. The second-order valence-electron chi connectivity index (χ2n) is 7.85. The van der Waals surface area contributed by atoms with E-state index in [0.29, 0.717) is 39.3 Å². The molecule has 0 bridgehead atoms. The first-order valence-corrected chi connectivity index (χ1v) is 10.1. The lowest BCUT2D eigenvalue weighted by Gasteiger charge is -2.36. The Labute approximate surface area is 161 Å². The molecule has 0 N–H and O–H groups in total. The van der Waals surface area contributed by atoms with E-state index in [1.54, 1.807) is 0 Å². The third-order valence-electron chi connectivity index (χ3n) is 5.99. The zero-order valence-electron chi connectivity index (χ0n) is 15.9. The number of carbonyl (C=O) groups is 2. The van der Waals surface area contributed by atoms with Crippen molar-refractivity contribution in [3.63, 3.8) is 0 Å². The number of piperidine rings is 1. The molecule has 4 rings (SSSR count). The van der Waals surface area contributed by atoms with Crippen molar-refractivity contribution in [2.24, 2.45) is 5.92 Å². The number of benzene rings is 1. The number of hydrogen-bond donors (Lipinski definition) is 0. The topological polar surface area (TPSA) is 53.1 Å². The van der Waals surface area contributed by atoms with Crippen LogP contribution in [0.15, 0.2) is 24.3 Å². The van der Waals surface area contributed by atoms with E-state index < -0.39 is 0 Å². The van der Waals surface area contributed by atoms with Gasteiger partial charge in [-0.15, -0.1) is 0 Å². The fraction of sp³-hybridized carbons (Fsp3) is 0.619. The van der Waals surface area contributed by atoms with E-state index in [9.17, 15) is 9.59 Å². The highest BCUT2D eigenvalue weighted by atomic mass is 16.5. The molecular formula is C21H29N3O3. The Balaban J connectivity index is 1.26. The maximum atomic E-state index is 12.7. The van der Waals surface area contributed by atoms with Crippen molar-refractivity contribution in [3.8, 4) is 0 Å². The van der Waals surface area contributed by atoms with Crippen LogP contribution in [0.25, 0.3) is 0 Å². The first kappa shape index (κ1) is 18.4. The Bertz CT molecular complexity index is 662. The average molecular weight is 371 g/mol. The lowest BCUT2D eigenvalue weighted by atomic mass is 9.96. The molecule has 2 saturated heterocycles. The number of ether oxygens (including phenoxy) is 1. The Kier molecular flexibility index (Phi) is 5.74. The third kappa shape index (κ3) is 4.33. The lowest BCUT2D eigenvalue weighted by molar-refractivity contribution is -0.144. The number of carbonyl (C=O) groups excluding carboxylic acids is 2. The van der Waals surface area contributed by atoms with E-state index >= 15 is 0 Å². The molecule has 3 aliphatic heterocycles. The van der Waals surface area contributed by atoms with Crippen LogP contribution in [-0.2, 0) is 27.4 Å². The van der Waals surface area contributed by atoms with Gasteiger partial charge in [-0.2, -0.15) is 0 Å². The maximum Gasteiger partial charge on any atom is 0.227 e. The fourth-order valence-corrected chi connectivity index (χ4v) is 4.42. The van der Waals surface area contributed by atoms with E-state index in [-0.39, 0.29) is 17.7 Å². The van der Waals surface area contributed by atoms with Crippen LogP contribution in [0.4, 0.5) is 0 Å². The van der Waals surface area contributed by atoms with Gasteiger partial charge in [0, 0.05) is 52.2 Å². The Morgan fingerprint density at radius 2 is 1.70 bits per heavy atom. The highest BCUT2D eigenvalue weighted by Gasteiger charge is 2.32. The first-order valence-electron chi connectivity index (χ1n) is 10.1. The molecule has 1 aromatic rings. The van der Waals surface area contributed by atoms with Crippen LogP contribution in [0.3, 0.4) is 0 Å². The number of fused-ring (bicyclic) bond motifs is 1. The molecule has 2 fully saturated rings. The normalized spacial score (nSPS) is 23.3. The van der Waals surface area contributed by atoms with Crippen LogP contribution in [0.5, 0.6) is 0 Å². The molecular weight excluding hydrogens is 342 g/mol. The highest BCUT2D eigenvalue weighted by Crippen LogP contribution is 2.23. The molecule has 3 heterocycles. The van der Waals surface area contributed by atoms with Crippen molar-refractivity contribution in [2.45, 2.75) is 32.4 Å². The molecule has 6 heteroatoms. The summed E-state index contributed by atoms with van der Waals surface area (Å²) in [6, 6.07) is 8.49. The molecule has 2 amide bonds. The van der Waals surface area contributed by atoms with Gasteiger partial charge in [-0.3, -0.25) is 14.5 Å². The molecule has 0 unspecified atom stereocenters. The van der Waals surface area contributed by atoms with Gasteiger partial charge in [0.1, 0.15) is 0 Å². The van der Waals surface area contributed by atoms with Gasteiger partial charge in [0.15, 0.2) is 0 Å². The molecule has 0 spiro atoms. The Morgan fingerprint density at radius 3 is 2.41 bits per heavy atom. The monoisotopic (exact) mass is 371 g/mol. The van der Waals surface area contributed by atoms with Gasteiger partial charge in [-0.25, -0.2) is 0 Å². The highest BCUT2D eigenvalue weighted by molar-refractivity contribution is 5.81. The number of rotatable bonds is 4. The lowest BCUT2D eigenvalue weighted by Crippen LogP contribution is -2.49. The van der Waals surface area contributed by atoms with Crippen molar-refractivity contribution in [3.05, 3.63) is 35.4 Å². The molecule has 1 atom stereocenters. The molecule has 6 nitrogen and oxygen atoms in total. The molecule has 1 aromatic carbocycles. The SMILES string of the molecule is O=C(CCN1Cc2ccccc2C1)N1CCC[C@@H](C(=O)N2CCOCC2)C1. The molecule has 0 saturated carbocycles. The van der Waals surface area contributed by atoms with Gasteiger partial charge >= 0.3 is 0 Å². The van der Waals surface area contributed by atoms with Gasteiger partial charge in [0.05, 0.1) is 19.1 Å². The molecule has 3 aliphatic rings. The maximum absolute atomic E-state index is 12.7. The second kappa shape index (κ2) is 8.40. The number of likely N-dealkylation sites (tertiary alicyclic amines) is 1. The summed E-state index contributed by atoms with van der Waals surface area (Å²) in [6.45, 7) is 6.62. The van der Waals surface area contributed by atoms with Gasteiger partial charge < -0.3 is 14.5 Å². The molecule has 0 aromatic heterocycles. The van der Waals surface area contributed by atoms with Crippen LogP contribution in [-0.4, -0.2) is 72.5 Å². The first-order chi connectivity index (χ1) is 13.2. The standard InChI is InChI=1S/C21H29N3O3/c25-20(7-9-22-14-17-4-1-2-5-18(17)15-22)24-8-3-6-19(16-24)21(26)23-10-12-27-13-11-23/h1-2,4-5,19H,3,6-16H2/t19-/m1/s1. The summed E-state index contributed by atoms with van der Waals surface area (Å²) in [5.41, 5.74) is 2.75. The van der Waals surface area contributed by atoms with Crippen LogP contribution < -0.4 is 0 Å². The van der Waals surface area contributed by atoms with Crippen molar-refractivity contribution in [2.75, 3.05) is 45.9 Å². The number of morpholine rings is 1. The summed E-state index contributed by atoms with van der Waals surface area (Å²) in [5, 5.41) is 0. The number of amides is 2. The van der Waals surface area contributed by atoms with Gasteiger partial charge in [-0.1, -0.05) is 24.3 Å². The van der Waals surface area contributed by atoms with Gasteiger partial charge in [0.2, 0.25) is 11.8 Å². The van der Waals surface area contributed by atoms with Crippen LogP contribution in [0, 0.1) is 5.92 Å². The summed E-state index contributed by atoms with van der Waals surface area (Å²) >= 11 is 0. The average Bonchev–Trinajstić information content (AvgIpc) is 3.15.